The molecule has 0 bridgehead atoms. The van der Waals surface area contributed by atoms with Gasteiger partial charge in [-0.1, -0.05) is 15.9 Å². The molecule has 0 aliphatic carbocycles. The van der Waals surface area contributed by atoms with Crippen LogP contribution in [-0.4, -0.2) is 35.1 Å². The Morgan fingerprint density at radius 1 is 1.86 bits per heavy atom. The van der Waals surface area contributed by atoms with Gasteiger partial charge in [0.05, 0.1) is 13.7 Å². The van der Waals surface area contributed by atoms with Crippen molar-refractivity contribution in [1.29, 1.82) is 0 Å². The van der Waals surface area contributed by atoms with Crippen LogP contribution >= 0.6 is 27.7 Å². The number of amides is 1. The monoisotopic (exact) mass is 289 g/mol. The summed E-state index contributed by atoms with van der Waals surface area (Å²) in [5.74, 6) is -4.54. The van der Waals surface area contributed by atoms with Crippen LogP contribution in [0.15, 0.2) is 0 Å². The Kier molecular flexibility index (Phi) is 1.22. The van der Waals surface area contributed by atoms with Gasteiger partial charge in [0.25, 0.3) is 0 Å². The molecule has 3 N–H and O–H groups in total. The van der Waals surface area contributed by atoms with Crippen LogP contribution in [-0.2, 0) is 4.79 Å². The highest BCUT2D eigenvalue weighted by molar-refractivity contribution is 9.10. The van der Waals surface area contributed by atoms with Crippen LogP contribution in [0.3, 0.4) is 0 Å². The lowest BCUT2D eigenvalue weighted by molar-refractivity contribution is -0.124. The second-order valence-corrected chi connectivity index (χ2v) is 4.07. The molecule has 0 aromatic heterocycles. The zero-order valence-electron chi connectivity index (χ0n) is 17.1. The van der Waals surface area contributed by atoms with E-state index in [1.807, 2.05) is 0 Å². The summed E-state index contributed by atoms with van der Waals surface area (Å²) in [5, 5.41) is 0.0864. The molecule has 0 aromatic rings. The molecule has 2 aliphatic rings. The van der Waals surface area contributed by atoms with E-state index in [2.05, 4.69) is 15.9 Å². The Bertz CT molecular complexity index is 582. The average Bonchev–Trinajstić information content (AvgIpc) is 2.49. The van der Waals surface area contributed by atoms with Gasteiger partial charge in [0, 0.05) is 19.2 Å². The molecule has 1 amide bonds. The molecule has 2 fully saturated rings. The summed E-state index contributed by atoms with van der Waals surface area (Å²) in [6.45, 7) is -3.20. The fourth-order valence-electron chi connectivity index (χ4n) is 0.988. The minimum Gasteiger partial charge on any atom is -0.339 e. The third kappa shape index (κ3) is 2.08. The Morgan fingerprint density at radius 3 is 3.36 bits per heavy atom. The standard InChI is InChI=1S/C8H14BrN3OS/c1-14-8-10-3-4-2-5(9)7(13)11-6(4)12-8/h4-6,8,10,12H,2-3H2,1H3,(H,11,13)/i2D2,3D2,4D,5D,8D/hD3. The molecule has 0 saturated carbocycles. The molecule has 4 atom stereocenters. The van der Waals surface area contributed by atoms with Crippen molar-refractivity contribution in [2.75, 3.05) is 12.8 Å². The molecule has 0 radical (unpaired) electrons. The molecule has 2 aliphatic heterocycles. The predicted octanol–water partition coefficient (Wildman–Crippen LogP) is 0.0515. The lowest BCUT2D eigenvalue weighted by atomic mass is 9.94. The van der Waals surface area contributed by atoms with Gasteiger partial charge in [-0.2, -0.15) is 0 Å². The number of halogens is 1. The Labute approximate surface area is 110 Å². The van der Waals surface area contributed by atoms with Crippen molar-refractivity contribution >= 4 is 33.6 Å². The van der Waals surface area contributed by atoms with E-state index in [4.69, 9.17) is 13.8 Å². The fourth-order valence-corrected chi connectivity index (χ4v) is 1.65. The van der Waals surface area contributed by atoms with Gasteiger partial charge in [0.1, 0.15) is 8.30 Å². The van der Waals surface area contributed by atoms with Gasteiger partial charge in [-0.3, -0.25) is 15.4 Å². The highest BCUT2D eigenvalue weighted by Gasteiger charge is 2.37. The molecule has 2 saturated heterocycles. The van der Waals surface area contributed by atoms with E-state index in [0.29, 0.717) is 11.8 Å². The first-order valence-electron chi connectivity index (χ1n) is 8.55. The van der Waals surface area contributed by atoms with Crippen molar-refractivity contribution in [3.05, 3.63) is 0 Å². The number of thioether (sulfide) groups is 1. The lowest BCUT2D eigenvalue weighted by Gasteiger charge is -2.42. The normalized spacial score (nSPS) is 79.7. The van der Waals surface area contributed by atoms with Crippen LogP contribution in [0.4, 0.5) is 0 Å². The van der Waals surface area contributed by atoms with E-state index in [1.165, 1.54) is 6.26 Å². The van der Waals surface area contributed by atoms with E-state index >= 15 is 0 Å². The van der Waals surface area contributed by atoms with Gasteiger partial charge in [-0.15, -0.1) is 11.8 Å². The third-order valence-corrected chi connectivity index (χ3v) is 2.72. The number of nitrogens with one attached hydrogen (secondary N) is 3. The molecule has 4 nitrogen and oxygen atoms in total. The summed E-state index contributed by atoms with van der Waals surface area (Å²) in [4.78, 5) is 9.35. The molecule has 2 rings (SSSR count). The van der Waals surface area contributed by atoms with Crippen LogP contribution in [0, 0.1) is 5.89 Å². The summed E-state index contributed by atoms with van der Waals surface area (Å²) in [5.41, 5.74) is -2.44. The quantitative estimate of drug-likeness (QED) is 0.598. The van der Waals surface area contributed by atoms with Gasteiger partial charge in [-0.25, -0.2) is 0 Å². The van der Waals surface area contributed by atoms with Gasteiger partial charge in [-0.05, 0) is 12.6 Å². The van der Waals surface area contributed by atoms with Crippen LogP contribution < -0.4 is 15.9 Å². The van der Waals surface area contributed by atoms with Gasteiger partial charge >= 0.3 is 0 Å². The summed E-state index contributed by atoms with van der Waals surface area (Å²) in [6, 6.07) is 0. The van der Waals surface area contributed by atoms with Crippen molar-refractivity contribution in [1.82, 2.24) is 15.9 Å². The SMILES string of the molecule is [2H]N1C(=O)C([2H])(Br)C([2H])([2H])C2([2H])C1N([2H])C([2H])(SC)N([2H])C2([2H])[2H]. The topological polar surface area (TPSA) is 53.2 Å². The van der Waals surface area contributed by atoms with Gasteiger partial charge < -0.3 is 5.31 Å². The number of rotatable bonds is 1. The first-order chi connectivity index (χ1) is 10.6. The molecule has 2 heterocycles. The highest BCUT2D eigenvalue weighted by Crippen LogP contribution is 2.24. The van der Waals surface area contributed by atoms with E-state index in [1.54, 1.807) is 0 Å². The molecule has 0 spiro atoms. The van der Waals surface area contributed by atoms with Crippen molar-refractivity contribution in [2.24, 2.45) is 5.89 Å². The number of hydrogen-bond donors (Lipinski definition) is 3. The number of carbonyl (C=O) groups excluding carboxylic acids is 1. The summed E-state index contributed by atoms with van der Waals surface area (Å²) < 4.78 is 80.6. The Balaban J connectivity index is 2.83. The smallest absolute Gasteiger partial charge is 0.235 e. The maximum Gasteiger partial charge on any atom is 0.235 e. The molecule has 6 heteroatoms. The number of hydrogen-bond acceptors (Lipinski definition) is 4. The zero-order chi connectivity index (χ0) is 19.1. The van der Waals surface area contributed by atoms with Crippen molar-refractivity contribution in [2.45, 2.75) is 22.8 Å². The number of piperidine rings is 1. The first kappa shape index (κ1) is 3.91. The molecule has 4 unspecified atom stereocenters. The largest absolute Gasteiger partial charge is 0.339 e. The molecular weight excluding hydrogens is 266 g/mol. The molecule has 14 heavy (non-hydrogen) atoms. The number of alkyl halides is 1. The number of fused-ring (bicyclic) bond motifs is 1. The maximum atomic E-state index is 12.2. The highest BCUT2D eigenvalue weighted by atomic mass is 79.9. The average molecular weight is 290 g/mol. The first-order valence-corrected chi connectivity index (χ1v) is 5.72. The van der Waals surface area contributed by atoms with E-state index in [-0.39, 0.29) is 15.9 Å². The van der Waals surface area contributed by atoms with Crippen molar-refractivity contribution in [3.8, 4) is 0 Å². The fraction of sp³-hybridized carbons (Fsp3) is 0.875. The van der Waals surface area contributed by atoms with Crippen LogP contribution in [0.1, 0.15) is 16.0 Å². The third-order valence-electron chi connectivity index (χ3n) is 1.62. The van der Waals surface area contributed by atoms with Crippen molar-refractivity contribution in [3.63, 3.8) is 0 Å². The van der Waals surface area contributed by atoms with Gasteiger partial charge in [0.2, 0.25) is 5.91 Å². The second-order valence-electron chi connectivity index (χ2n) is 2.50. The van der Waals surface area contributed by atoms with E-state index < -0.39 is 41.1 Å². The molecular formula is C8H14BrN3OS. The summed E-state index contributed by atoms with van der Waals surface area (Å²) in [6.07, 6.45) is -4.09. The molecule has 0 aromatic carbocycles. The molecule has 80 valence electrons. The summed E-state index contributed by atoms with van der Waals surface area (Å²) >= 11 is 3.08. The van der Waals surface area contributed by atoms with E-state index in [9.17, 15) is 4.79 Å². The minimum absolute atomic E-state index is 0.0343. The Hall–Kier alpha value is 0.220. The van der Waals surface area contributed by atoms with E-state index in [0.717, 1.165) is 0 Å². The lowest BCUT2D eigenvalue weighted by Crippen LogP contribution is -2.66. The maximum absolute atomic E-state index is 12.2. The Morgan fingerprint density at radius 2 is 2.64 bits per heavy atom. The van der Waals surface area contributed by atoms with Gasteiger partial charge in [0.15, 0.2) is 1.41 Å². The minimum atomic E-state index is -3.23. The van der Waals surface area contributed by atoms with Crippen LogP contribution in [0.2, 0.25) is 4.24 Å². The van der Waals surface area contributed by atoms with Crippen molar-refractivity contribution < 1.29 is 18.6 Å². The predicted molar refractivity (Wildman–Crippen MR) is 61.2 cm³/mol. The summed E-state index contributed by atoms with van der Waals surface area (Å²) in [7, 11) is 0. The number of carbonyl (C=O) groups is 1. The zero-order valence-corrected chi connectivity index (χ0v) is 9.52. The van der Waals surface area contributed by atoms with Crippen LogP contribution in [0.5, 0.6) is 0 Å². The van der Waals surface area contributed by atoms with Crippen LogP contribution in [0.25, 0.3) is 0 Å². The second kappa shape index (κ2) is 4.38.